The van der Waals surface area contributed by atoms with E-state index in [1.165, 1.54) is 270 Å². The van der Waals surface area contributed by atoms with Crippen molar-refractivity contribution < 1.29 is 39.8 Å². The third-order valence-electron chi connectivity index (χ3n) is 16.8. The fourth-order valence-electron chi connectivity index (χ4n) is 11.2. The number of hydrogen-bond donors (Lipinski definition) is 6. The molecule has 7 atom stereocenters. The first-order valence-corrected chi connectivity index (χ1v) is 35.5. The minimum absolute atomic E-state index is 0.181. The third kappa shape index (κ3) is 50.1. The van der Waals surface area contributed by atoms with Gasteiger partial charge in [0, 0.05) is 6.42 Å². The zero-order valence-electron chi connectivity index (χ0n) is 53.8. The van der Waals surface area contributed by atoms with E-state index in [1.807, 2.05) is 6.08 Å². The molecule has 1 heterocycles. The first-order valence-electron chi connectivity index (χ1n) is 35.5. The van der Waals surface area contributed by atoms with Crippen LogP contribution >= 0.6 is 0 Å². The topological polar surface area (TPSA) is 149 Å². The van der Waals surface area contributed by atoms with Gasteiger partial charge >= 0.3 is 0 Å². The fraction of sp³-hybridized carbons (Fsp3) is 0.849. The number of carbonyl (C=O) groups excluding carboxylic acids is 1. The van der Waals surface area contributed by atoms with E-state index in [0.717, 1.165) is 51.4 Å². The van der Waals surface area contributed by atoms with Crippen LogP contribution in [0, 0.1) is 0 Å². The van der Waals surface area contributed by atoms with Gasteiger partial charge in [-0.05, 0) is 70.6 Å². The predicted molar refractivity (Wildman–Crippen MR) is 350 cm³/mol. The summed E-state index contributed by atoms with van der Waals surface area (Å²) in [5.74, 6) is -0.181. The Morgan fingerprint density at radius 1 is 0.415 bits per heavy atom. The largest absolute Gasteiger partial charge is 0.394 e. The van der Waals surface area contributed by atoms with Crippen LogP contribution in [0.25, 0.3) is 0 Å². The Morgan fingerprint density at radius 3 is 1.11 bits per heavy atom. The number of ether oxygens (including phenoxy) is 2. The Balaban J connectivity index is 2.10. The Hall–Kier alpha value is -2.11. The summed E-state index contributed by atoms with van der Waals surface area (Å²) < 4.78 is 11.3. The van der Waals surface area contributed by atoms with Crippen molar-refractivity contribution >= 4 is 5.91 Å². The molecule has 1 fully saturated rings. The molecular formula is C73H135NO8. The molecule has 9 heteroatoms. The molecule has 0 saturated carbocycles. The van der Waals surface area contributed by atoms with E-state index in [-0.39, 0.29) is 12.5 Å². The van der Waals surface area contributed by atoms with Crippen LogP contribution in [0.5, 0.6) is 0 Å². The summed E-state index contributed by atoms with van der Waals surface area (Å²) in [5, 5.41) is 54.7. The van der Waals surface area contributed by atoms with Gasteiger partial charge in [0.25, 0.3) is 0 Å². The first-order chi connectivity index (χ1) is 40.3. The molecule has 82 heavy (non-hydrogen) atoms. The van der Waals surface area contributed by atoms with Crippen molar-refractivity contribution in [2.75, 3.05) is 13.2 Å². The lowest BCUT2D eigenvalue weighted by atomic mass is 9.99. The van der Waals surface area contributed by atoms with Crippen molar-refractivity contribution in [3.8, 4) is 0 Å². The molecular weight excluding hydrogens is 1020 g/mol. The highest BCUT2D eigenvalue weighted by Crippen LogP contribution is 2.23. The third-order valence-corrected chi connectivity index (χ3v) is 16.8. The second-order valence-electron chi connectivity index (χ2n) is 24.7. The van der Waals surface area contributed by atoms with Crippen molar-refractivity contribution in [3.63, 3.8) is 0 Å². The molecule has 0 aromatic rings. The molecule has 0 aromatic heterocycles. The van der Waals surface area contributed by atoms with E-state index < -0.39 is 49.5 Å². The van der Waals surface area contributed by atoms with Crippen molar-refractivity contribution in [2.45, 2.75) is 384 Å². The number of aliphatic hydroxyl groups is 5. The number of aliphatic hydroxyl groups excluding tert-OH is 5. The predicted octanol–water partition coefficient (Wildman–Crippen LogP) is 19.4. The molecule has 0 spiro atoms. The normalized spacial score (nSPS) is 18.6. The van der Waals surface area contributed by atoms with Gasteiger partial charge in [-0.25, -0.2) is 0 Å². The smallest absolute Gasteiger partial charge is 0.220 e. The number of hydrogen-bond acceptors (Lipinski definition) is 8. The maximum absolute atomic E-state index is 13.1. The maximum atomic E-state index is 13.1. The molecule has 6 N–H and O–H groups in total. The van der Waals surface area contributed by atoms with Crippen molar-refractivity contribution in [1.82, 2.24) is 5.32 Å². The van der Waals surface area contributed by atoms with E-state index >= 15 is 0 Å². The van der Waals surface area contributed by atoms with Crippen LogP contribution in [0.1, 0.15) is 341 Å². The maximum Gasteiger partial charge on any atom is 0.220 e. The van der Waals surface area contributed by atoms with E-state index in [4.69, 9.17) is 9.47 Å². The van der Waals surface area contributed by atoms with E-state index in [0.29, 0.717) is 6.42 Å². The van der Waals surface area contributed by atoms with Gasteiger partial charge < -0.3 is 40.3 Å². The van der Waals surface area contributed by atoms with Crippen molar-refractivity contribution in [1.29, 1.82) is 0 Å². The highest BCUT2D eigenvalue weighted by Gasteiger charge is 2.44. The Labute approximate surface area is 506 Å². The lowest BCUT2D eigenvalue weighted by molar-refractivity contribution is -0.302. The molecule has 1 rings (SSSR count). The molecule has 9 nitrogen and oxygen atoms in total. The molecule has 1 aliphatic heterocycles. The van der Waals surface area contributed by atoms with Crippen LogP contribution in [0.15, 0.2) is 60.8 Å². The summed E-state index contributed by atoms with van der Waals surface area (Å²) in [6.45, 7) is 3.79. The number of rotatable bonds is 62. The van der Waals surface area contributed by atoms with E-state index in [9.17, 15) is 30.3 Å². The standard InChI is InChI=1S/C73H135NO8/c1-3-5-7-9-11-13-15-17-19-21-23-25-27-28-29-30-31-32-33-34-35-36-37-38-39-40-41-43-45-47-49-51-53-55-57-59-61-63-69(77)74-66(65-81-73-72(80)71(79)70(78)68(64-75)82-73)67(76)62-60-58-56-54-52-50-48-46-44-42-26-24-22-20-18-16-14-12-10-8-6-4-2/h15,17,21,23,27-28,52,54,60,62,66-68,70-73,75-76,78-80H,3-14,16,18-20,22,24-26,29-51,53,55-59,61,63-65H2,1-2H3,(H,74,77)/b17-15-,23-21-,28-27-,54-52+,62-60+. The van der Waals surface area contributed by atoms with Gasteiger partial charge in [-0.3, -0.25) is 4.79 Å². The number of allylic oxidation sites excluding steroid dienone is 9. The second-order valence-corrected chi connectivity index (χ2v) is 24.7. The van der Waals surface area contributed by atoms with Crippen LogP contribution in [-0.2, 0) is 14.3 Å². The number of amides is 1. The molecule has 0 aromatic carbocycles. The first kappa shape index (κ1) is 77.9. The van der Waals surface area contributed by atoms with Gasteiger partial charge in [0.1, 0.15) is 24.4 Å². The molecule has 480 valence electrons. The summed E-state index contributed by atoms with van der Waals surface area (Å²) in [7, 11) is 0. The summed E-state index contributed by atoms with van der Waals surface area (Å²) >= 11 is 0. The lowest BCUT2D eigenvalue weighted by Crippen LogP contribution is -2.60. The molecule has 1 saturated heterocycles. The quantitative estimate of drug-likeness (QED) is 0.0261. The average Bonchev–Trinajstić information content (AvgIpc) is 3.59. The van der Waals surface area contributed by atoms with Gasteiger partial charge in [0.15, 0.2) is 6.29 Å². The minimum Gasteiger partial charge on any atom is -0.394 e. The second kappa shape index (κ2) is 62.0. The van der Waals surface area contributed by atoms with Crippen LogP contribution in [0.4, 0.5) is 0 Å². The van der Waals surface area contributed by atoms with Gasteiger partial charge in [-0.1, -0.05) is 325 Å². The highest BCUT2D eigenvalue weighted by molar-refractivity contribution is 5.76. The summed E-state index contributed by atoms with van der Waals surface area (Å²) in [6, 6.07) is -0.823. The summed E-state index contributed by atoms with van der Waals surface area (Å²) in [6.07, 6.45) is 79.1. The van der Waals surface area contributed by atoms with Gasteiger partial charge in [0.2, 0.25) is 5.91 Å². The van der Waals surface area contributed by atoms with Crippen LogP contribution in [0.3, 0.4) is 0 Å². The zero-order valence-corrected chi connectivity index (χ0v) is 53.8. The molecule has 1 amide bonds. The minimum atomic E-state index is -1.57. The average molecular weight is 1150 g/mol. The number of unbranched alkanes of at least 4 members (excludes halogenated alkanes) is 44. The molecule has 0 radical (unpaired) electrons. The van der Waals surface area contributed by atoms with Crippen LogP contribution < -0.4 is 5.32 Å². The zero-order chi connectivity index (χ0) is 59.3. The molecule has 7 unspecified atom stereocenters. The van der Waals surface area contributed by atoms with E-state index in [1.54, 1.807) is 6.08 Å². The Kier molecular flexibility index (Phi) is 58.9. The molecule has 1 aliphatic rings. The molecule has 0 aliphatic carbocycles. The monoisotopic (exact) mass is 1150 g/mol. The SMILES string of the molecule is CCCCCCC/C=C\C/C=C\C/C=C\CCCCCCCCCCCCCCCCCCCCCCCCC(=O)NC(COC1OC(CO)C(O)C(O)C1O)C(O)/C=C/CC/C=C/CCCCCCCCCCCCCCCCCC. The summed E-state index contributed by atoms with van der Waals surface area (Å²) in [4.78, 5) is 13.1. The van der Waals surface area contributed by atoms with Gasteiger partial charge in [-0.15, -0.1) is 0 Å². The number of carbonyl (C=O) groups is 1. The lowest BCUT2D eigenvalue weighted by Gasteiger charge is -2.40. The van der Waals surface area contributed by atoms with Crippen LogP contribution in [0.2, 0.25) is 0 Å². The Morgan fingerprint density at radius 2 is 0.732 bits per heavy atom. The fourth-order valence-corrected chi connectivity index (χ4v) is 11.2. The van der Waals surface area contributed by atoms with Gasteiger partial charge in [-0.2, -0.15) is 0 Å². The van der Waals surface area contributed by atoms with Gasteiger partial charge in [0.05, 0.1) is 25.4 Å². The van der Waals surface area contributed by atoms with Crippen molar-refractivity contribution in [2.24, 2.45) is 0 Å². The molecule has 0 bridgehead atoms. The van der Waals surface area contributed by atoms with E-state index in [2.05, 4.69) is 67.8 Å². The number of nitrogens with one attached hydrogen (secondary N) is 1. The summed E-state index contributed by atoms with van der Waals surface area (Å²) in [5.41, 5.74) is 0. The Bertz CT molecular complexity index is 1480. The van der Waals surface area contributed by atoms with Crippen LogP contribution in [-0.4, -0.2) is 87.5 Å². The van der Waals surface area contributed by atoms with Crippen molar-refractivity contribution in [3.05, 3.63) is 60.8 Å². The highest BCUT2D eigenvalue weighted by atomic mass is 16.7.